The Kier molecular flexibility index (Phi) is 6.39. The maximum atomic E-state index is 12.2. The van der Waals surface area contributed by atoms with E-state index in [1.165, 1.54) is 0 Å². The third-order valence-corrected chi connectivity index (χ3v) is 4.40. The van der Waals surface area contributed by atoms with Gasteiger partial charge in [-0.05, 0) is 29.7 Å². The van der Waals surface area contributed by atoms with Gasteiger partial charge in [-0.3, -0.25) is 9.59 Å². The Morgan fingerprint density at radius 1 is 1.04 bits per heavy atom. The minimum Gasteiger partial charge on any atom is -0.375 e. The molecule has 0 aromatic heterocycles. The van der Waals surface area contributed by atoms with E-state index in [-0.39, 0.29) is 11.8 Å². The van der Waals surface area contributed by atoms with Crippen molar-refractivity contribution in [3.63, 3.8) is 0 Å². The van der Waals surface area contributed by atoms with Gasteiger partial charge < -0.3 is 15.0 Å². The van der Waals surface area contributed by atoms with Gasteiger partial charge in [-0.25, -0.2) is 0 Å². The van der Waals surface area contributed by atoms with Crippen molar-refractivity contribution >= 4 is 11.8 Å². The van der Waals surface area contributed by atoms with Gasteiger partial charge in [-0.1, -0.05) is 42.5 Å². The molecule has 2 aromatic carbocycles. The van der Waals surface area contributed by atoms with Crippen molar-refractivity contribution in [3.05, 3.63) is 71.3 Å². The molecular formula is C21H24N2O3. The van der Waals surface area contributed by atoms with Gasteiger partial charge in [-0.2, -0.15) is 0 Å². The number of carbonyl (C=O) groups is 2. The SMILES string of the molecule is O=C(NCCOCc1ccccc1)c1ccc(CN2CCCC2=O)cc1. The molecule has 1 aliphatic heterocycles. The van der Waals surface area contributed by atoms with Crippen LogP contribution in [0.15, 0.2) is 54.6 Å². The van der Waals surface area contributed by atoms with E-state index in [9.17, 15) is 9.59 Å². The fraction of sp³-hybridized carbons (Fsp3) is 0.333. The molecular weight excluding hydrogens is 328 g/mol. The molecule has 1 aliphatic rings. The monoisotopic (exact) mass is 352 g/mol. The summed E-state index contributed by atoms with van der Waals surface area (Å²) in [6.07, 6.45) is 1.58. The Balaban J connectivity index is 1.38. The minimum absolute atomic E-state index is 0.114. The fourth-order valence-electron chi connectivity index (χ4n) is 2.96. The molecule has 0 atom stereocenters. The lowest BCUT2D eigenvalue weighted by atomic mass is 10.1. The van der Waals surface area contributed by atoms with E-state index in [2.05, 4.69) is 5.32 Å². The standard InChI is InChI=1S/C21H24N2O3/c24-20-7-4-13-23(20)15-17-8-10-19(11-9-17)21(25)22-12-14-26-16-18-5-2-1-3-6-18/h1-3,5-6,8-11H,4,7,12-16H2,(H,22,25). The molecule has 26 heavy (non-hydrogen) atoms. The lowest BCUT2D eigenvalue weighted by Gasteiger charge is -2.15. The quantitative estimate of drug-likeness (QED) is 0.743. The molecule has 0 unspecified atom stereocenters. The molecule has 5 nitrogen and oxygen atoms in total. The number of benzene rings is 2. The third kappa shape index (κ3) is 5.17. The highest BCUT2D eigenvalue weighted by Crippen LogP contribution is 2.14. The Bertz CT molecular complexity index is 729. The van der Waals surface area contributed by atoms with E-state index in [0.717, 1.165) is 24.1 Å². The van der Waals surface area contributed by atoms with Crippen molar-refractivity contribution in [2.24, 2.45) is 0 Å². The highest BCUT2D eigenvalue weighted by atomic mass is 16.5. The number of rotatable bonds is 8. The predicted molar refractivity (Wildman–Crippen MR) is 99.5 cm³/mol. The topological polar surface area (TPSA) is 58.6 Å². The van der Waals surface area contributed by atoms with Crippen LogP contribution in [-0.2, 0) is 22.7 Å². The molecule has 0 radical (unpaired) electrons. The van der Waals surface area contributed by atoms with Crippen LogP contribution in [0.5, 0.6) is 0 Å². The Labute approximate surface area is 154 Å². The number of nitrogens with zero attached hydrogens (tertiary/aromatic N) is 1. The predicted octanol–water partition coefficient (Wildman–Crippen LogP) is 2.76. The van der Waals surface area contributed by atoms with Crippen LogP contribution in [0.1, 0.15) is 34.3 Å². The summed E-state index contributed by atoms with van der Waals surface area (Å²) in [7, 11) is 0. The smallest absolute Gasteiger partial charge is 0.251 e. The molecule has 0 saturated carbocycles. The normalized spacial score (nSPS) is 13.8. The Morgan fingerprint density at radius 2 is 1.81 bits per heavy atom. The van der Waals surface area contributed by atoms with Crippen LogP contribution in [0.25, 0.3) is 0 Å². The van der Waals surface area contributed by atoms with E-state index in [4.69, 9.17) is 4.74 Å². The van der Waals surface area contributed by atoms with E-state index in [1.807, 2.05) is 47.4 Å². The van der Waals surface area contributed by atoms with Crippen molar-refractivity contribution < 1.29 is 14.3 Å². The number of likely N-dealkylation sites (tertiary alicyclic amines) is 1. The van der Waals surface area contributed by atoms with Crippen molar-refractivity contribution in [2.45, 2.75) is 26.0 Å². The molecule has 3 rings (SSSR count). The fourth-order valence-corrected chi connectivity index (χ4v) is 2.96. The van der Waals surface area contributed by atoms with Gasteiger partial charge in [0, 0.05) is 31.6 Å². The lowest BCUT2D eigenvalue weighted by molar-refractivity contribution is -0.128. The second-order valence-electron chi connectivity index (χ2n) is 6.41. The van der Waals surface area contributed by atoms with Crippen LogP contribution in [-0.4, -0.2) is 36.4 Å². The van der Waals surface area contributed by atoms with Gasteiger partial charge in [0.1, 0.15) is 0 Å². The van der Waals surface area contributed by atoms with Gasteiger partial charge in [0.15, 0.2) is 0 Å². The van der Waals surface area contributed by atoms with Crippen molar-refractivity contribution in [1.82, 2.24) is 10.2 Å². The molecule has 0 bridgehead atoms. The molecule has 1 heterocycles. The average molecular weight is 352 g/mol. The molecule has 2 amide bonds. The van der Waals surface area contributed by atoms with Crippen molar-refractivity contribution in [1.29, 1.82) is 0 Å². The zero-order chi connectivity index (χ0) is 18.2. The molecule has 2 aromatic rings. The summed E-state index contributed by atoms with van der Waals surface area (Å²) in [4.78, 5) is 25.7. The first kappa shape index (κ1) is 18.1. The van der Waals surface area contributed by atoms with E-state index in [1.54, 1.807) is 12.1 Å². The molecule has 136 valence electrons. The summed E-state index contributed by atoms with van der Waals surface area (Å²) < 4.78 is 5.56. The van der Waals surface area contributed by atoms with Gasteiger partial charge in [0.25, 0.3) is 5.91 Å². The second-order valence-corrected chi connectivity index (χ2v) is 6.41. The third-order valence-electron chi connectivity index (χ3n) is 4.40. The number of carbonyl (C=O) groups excluding carboxylic acids is 2. The number of hydrogen-bond donors (Lipinski definition) is 1. The number of nitrogens with one attached hydrogen (secondary N) is 1. The van der Waals surface area contributed by atoms with Crippen molar-refractivity contribution in [2.75, 3.05) is 19.7 Å². The summed E-state index contributed by atoms with van der Waals surface area (Å²) in [5.41, 5.74) is 2.78. The summed E-state index contributed by atoms with van der Waals surface area (Å²) in [6, 6.07) is 17.4. The molecule has 1 N–H and O–H groups in total. The van der Waals surface area contributed by atoms with Gasteiger partial charge in [0.05, 0.1) is 13.2 Å². The lowest BCUT2D eigenvalue weighted by Crippen LogP contribution is -2.27. The van der Waals surface area contributed by atoms with Crippen LogP contribution < -0.4 is 5.32 Å². The van der Waals surface area contributed by atoms with Crippen LogP contribution in [0.3, 0.4) is 0 Å². The van der Waals surface area contributed by atoms with Crippen LogP contribution in [0.2, 0.25) is 0 Å². The summed E-state index contributed by atoms with van der Waals surface area (Å²) >= 11 is 0. The zero-order valence-corrected chi connectivity index (χ0v) is 14.8. The Hall–Kier alpha value is -2.66. The first-order valence-corrected chi connectivity index (χ1v) is 8.99. The van der Waals surface area contributed by atoms with Crippen molar-refractivity contribution in [3.8, 4) is 0 Å². The maximum absolute atomic E-state index is 12.2. The summed E-state index contributed by atoms with van der Waals surface area (Å²) in [5.74, 6) is 0.0967. The second kappa shape index (κ2) is 9.15. The van der Waals surface area contributed by atoms with Crippen LogP contribution in [0.4, 0.5) is 0 Å². The molecule has 1 fully saturated rings. The molecule has 0 aliphatic carbocycles. The maximum Gasteiger partial charge on any atom is 0.251 e. The number of hydrogen-bond acceptors (Lipinski definition) is 3. The van der Waals surface area contributed by atoms with Crippen LogP contribution in [0, 0.1) is 0 Å². The number of ether oxygens (including phenoxy) is 1. The van der Waals surface area contributed by atoms with Crippen LogP contribution >= 0.6 is 0 Å². The summed E-state index contributed by atoms with van der Waals surface area (Å²) in [6.45, 7) is 2.92. The highest BCUT2D eigenvalue weighted by molar-refractivity contribution is 5.94. The Morgan fingerprint density at radius 3 is 2.50 bits per heavy atom. The van der Waals surface area contributed by atoms with Gasteiger partial charge in [0.2, 0.25) is 5.91 Å². The van der Waals surface area contributed by atoms with E-state index >= 15 is 0 Å². The summed E-state index contributed by atoms with van der Waals surface area (Å²) in [5, 5.41) is 2.86. The van der Waals surface area contributed by atoms with Gasteiger partial charge in [-0.15, -0.1) is 0 Å². The highest BCUT2D eigenvalue weighted by Gasteiger charge is 2.19. The molecule has 5 heteroatoms. The largest absolute Gasteiger partial charge is 0.375 e. The molecule has 0 spiro atoms. The first-order valence-electron chi connectivity index (χ1n) is 8.99. The van der Waals surface area contributed by atoms with E-state index < -0.39 is 0 Å². The minimum atomic E-state index is -0.114. The number of amides is 2. The zero-order valence-electron chi connectivity index (χ0n) is 14.8. The average Bonchev–Trinajstić information content (AvgIpc) is 3.07. The molecule has 1 saturated heterocycles. The van der Waals surface area contributed by atoms with Gasteiger partial charge >= 0.3 is 0 Å². The van der Waals surface area contributed by atoms with E-state index in [0.29, 0.717) is 38.3 Å². The first-order chi connectivity index (χ1) is 12.7.